The standard InChI is InChI=1S/C14H24N2/c1-10(2)13-8-6-7-11(3)14(13)16(5)12(4)9-15/h6-8,10,12H,9,15H2,1-5H3. The maximum absolute atomic E-state index is 5.74. The third-order valence-corrected chi connectivity index (χ3v) is 3.25. The largest absolute Gasteiger partial charge is 0.370 e. The summed E-state index contributed by atoms with van der Waals surface area (Å²) in [6, 6.07) is 6.89. The lowest BCUT2D eigenvalue weighted by Crippen LogP contribution is -2.36. The molecule has 0 amide bonds. The van der Waals surface area contributed by atoms with Crippen LogP contribution >= 0.6 is 0 Å². The van der Waals surface area contributed by atoms with Crippen molar-refractivity contribution in [2.75, 3.05) is 18.5 Å². The van der Waals surface area contributed by atoms with Crippen LogP contribution in [0.15, 0.2) is 18.2 Å². The van der Waals surface area contributed by atoms with Gasteiger partial charge in [-0.2, -0.15) is 0 Å². The summed E-state index contributed by atoms with van der Waals surface area (Å²) < 4.78 is 0. The molecule has 0 saturated carbocycles. The lowest BCUT2D eigenvalue weighted by atomic mass is 9.97. The first-order chi connectivity index (χ1) is 7.49. The fraction of sp³-hybridized carbons (Fsp3) is 0.571. The first-order valence-electron chi connectivity index (χ1n) is 6.01. The van der Waals surface area contributed by atoms with Gasteiger partial charge in [-0.25, -0.2) is 0 Å². The average Bonchev–Trinajstić information content (AvgIpc) is 2.26. The summed E-state index contributed by atoms with van der Waals surface area (Å²) in [5.74, 6) is 0.544. The van der Waals surface area contributed by atoms with Crippen molar-refractivity contribution in [3.63, 3.8) is 0 Å². The predicted octanol–water partition coefficient (Wildman–Crippen LogP) is 2.90. The predicted molar refractivity (Wildman–Crippen MR) is 72.2 cm³/mol. The number of para-hydroxylation sites is 1. The van der Waals surface area contributed by atoms with Gasteiger partial charge in [0.15, 0.2) is 0 Å². The average molecular weight is 220 g/mol. The summed E-state index contributed by atoms with van der Waals surface area (Å²) in [4.78, 5) is 2.30. The molecule has 1 atom stereocenters. The van der Waals surface area contributed by atoms with Crippen molar-refractivity contribution in [1.29, 1.82) is 0 Å². The van der Waals surface area contributed by atoms with E-state index < -0.39 is 0 Å². The van der Waals surface area contributed by atoms with Crippen molar-refractivity contribution in [2.45, 2.75) is 39.7 Å². The highest BCUT2D eigenvalue weighted by molar-refractivity contribution is 5.60. The number of aryl methyl sites for hydroxylation is 1. The Kier molecular flexibility index (Phi) is 4.36. The third-order valence-electron chi connectivity index (χ3n) is 3.25. The van der Waals surface area contributed by atoms with Gasteiger partial charge in [-0.3, -0.25) is 0 Å². The quantitative estimate of drug-likeness (QED) is 0.845. The molecule has 2 N–H and O–H groups in total. The van der Waals surface area contributed by atoms with Gasteiger partial charge < -0.3 is 10.6 Å². The molecule has 0 aliphatic carbocycles. The van der Waals surface area contributed by atoms with Gasteiger partial charge in [0.25, 0.3) is 0 Å². The van der Waals surface area contributed by atoms with Crippen molar-refractivity contribution < 1.29 is 0 Å². The molecule has 0 heterocycles. The molecule has 0 saturated heterocycles. The van der Waals surface area contributed by atoms with Crippen LogP contribution in [0.25, 0.3) is 0 Å². The molecule has 0 aliphatic heterocycles. The second kappa shape index (κ2) is 5.35. The highest BCUT2D eigenvalue weighted by Gasteiger charge is 2.16. The van der Waals surface area contributed by atoms with Crippen LogP contribution in [0.1, 0.15) is 37.8 Å². The van der Waals surface area contributed by atoms with E-state index in [4.69, 9.17) is 5.73 Å². The molecule has 16 heavy (non-hydrogen) atoms. The minimum Gasteiger partial charge on any atom is -0.370 e. The van der Waals surface area contributed by atoms with E-state index in [1.165, 1.54) is 16.8 Å². The van der Waals surface area contributed by atoms with Crippen molar-refractivity contribution in [2.24, 2.45) is 5.73 Å². The van der Waals surface area contributed by atoms with E-state index in [0.29, 0.717) is 18.5 Å². The molecule has 0 aromatic heterocycles. The van der Waals surface area contributed by atoms with E-state index in [9.17, 15) is 0 Å². The SMILES string of the molecule is Cc1cccc(C(C)C)c1N(C)C(C)CN. The Bertz CT molecular complexity index is 345. The van der Waals surface area contributed by atoms with Crippen LogP contribution < -0.4 is 10.6 Å². The second-order valence-corrected chi connectivity index (χ2v) is 4.86. The first kappa shape index (κ1) is 13.0. The normalized spacial score (nSPS) is 12.9. The molecular formula is C14H24N2. The maximum atomic E-state index is 5.74. The van der Waals surface area contributed by atoms with E-state index in [0.717, 1.165) is 0 Å². The van der Waals surface area contributed by atoms with Crippen LogP contribution in [0.3, 0.4) is 0 Å². The van der Waals surface area contributed by atoms with Crippen LogP contribution in [0, 0.1) is 6.92 Å². The number of rotatable bonds is 4. The summed E-state index contributed by atoms with van der Waals surface area (Å²) in [5.41, 5.74) is 9.82. The van der Waals surface area contributed by atoms with E-state index >= 15 is 0 Å². The van der Waals surface area contributed by atoms with Gasteiger partial charge in [0.2, 0.25) is 0 Å². The van der Waals surface area contributed by atoms with Crippen molar-refractivity contribution in [3.8, 4) is 0 Å². The number of anilines is 1. The molecule has 90 valence electrons. The topological polar surface area (TPSA) is 29.3 Å². The Balaban J connectivity index is 3.19. The van der Waals surface area contributed by atoms with Crippen LogP contribution in [0.5, 0.6) is 0 Å². The van der Waals surface area contributed by atoms with Crippen molar-refractivity contribution >= 4 is 5.69 Å². The van der Waals surface area contributed by atoms with Crippen LogP contribution in [0.4, 0.5) is 5.69 Å². The fourth-order valence-electron chi connectivity index (χ4n) is 2.01. The smallest absolute Gasteiger partial charge is 0.0431 e. The highest BCUT2D eigenvalue weighted by atomic mass is 15.1. The van der Waals surface area contributed by atoms with Crippen LogP contribution in [-0.4, -0.2) is 19.6 Å². The molecule has 1 aromatic rings. The zero-order valence-electron chi connectivity index (χ0n) is 11.1. The summed E-state index contributed by atoms with van der Waals surface area (Å²) in [6.45, 7) is 9.48. The molecule has 0 aliphatic rings. The third kappa shape index (κ3) is 2.56. The minimum atomic E-state index is 0.374. The number of nitrogens with two attached hydrogens (primary N) is 1. The van der Waals surface area contributed by atoms with E-state index in [-0.39, 0.29) is 0 Å². The second-order valence-electron chi connectivity index (χ2n) is 4.86. The van der Waals surface area contributed by atoms with Crippen LogP contribution in [0.2, 0.25) is 0 Å². The molecule has 0 radical (unpaired) electrons. The van der Waals surface area contributed by atoms with Gasteiger partial charge in [0.1, 0.15) is 0 Å². The Hall–Kier alpha value is -1.02. The molecule has 2 heteroatoms. The minimum absolute atomic E-state index is 0.374. The number of nitrogens with zero attached hydrogens (tertiary/aromatic N) is 1. The highest BCUT2D eigenvalue weighted by Crippen LogP contribution is 2.30. The van der Waals surface area contributed by atoms with Gasteiger partial charge in [-0.15, -0.1) is 0 Å². The van der Waals surface area contributed by atoms with E-state index in [2.05, 4.69) is 57.8 Å². The van der Waals surface area contributed by atoms with Gasteiger partial charge in [-0.05, 0) is 30.9 Å². The van der Waals surface area contributed by atoms with Gasteiger partial charge >= 0.3 is 0 Å². The number of benzene rings is 1. The van der Waals surface area contributed by atoms with Crippen molar-refractivity contribution in [3.05, 3.63) is 29.3 Å². The maximum Gasteiger partial charge on any atom is 0.0431 e. The van der Waals surface area contributed by atoms with Gasteiger partial charge in [0.05, 0.1) is 0 Å². The monoisotopic (exact) mass is 220 g/mol. The number of likely N-dealkylation sites (N-methyl/N-ethyl adjacent to an activating group) is 1. The molecule has 0 spiro atoms. The summed E-state index contributed by atoms with van der Waals surface area (Å²) in [7, 11) is 2.13. The molecule has 1 rings (SSSR count). The van der Waals surface area contributed by atoms with Gasteiger partial charge in [-0.1, -0.05) is 32.0 Å². The summed E-state index contributed by atoms with van der Waals surface area (Å²) >= 11 is 0. The lowest BCUT2D eigenvalue weighted by Gasteiger charge is -2.30. The number of hydrogen-bond acceptors (Lipinski definition) is 2. The summed E-state index contributed by atoms with van der Waals surface area (Å²) in [5, 5.41) is 0. The fourth-order valence-corrected chi connectivity index (χ4v) is 2.01. The molecule has 1 unspecified atom stereocenters. The Morgan fingerprint density at radius 1 is 1.25 bits per heavy atom. The van der Waals surface area contributed by atoms with Crippen molar-refractivity contribution in [1.82, 2.24) is 0 Å². The van der Waals surface area contributed by atoms with Crippen LogP contribution in [-0.2, 0) is 0 Å². The zero-order chi connectivity index (χ0) is 12.3. The van der Waals surface area contributed by atoms with Gasteiger partial charge in [0, 0.05) is 25.3 Å². The van der Waals surface area contributed by atoms with E-state index in [1.54, 1.807) is 0 Å². The lowest BCUT2D eigenvalue weighted by molar-refractivity contribution is 0.686. The first-order valence-corrected chi connectivity index (χ1v) is 6.01. The molecular weight excluding hydrogens is 196 g/mol. The number of hydrogen-bond donors (Lipinski definition) is 1. The molecule has 0 bridgehead atoms. The Morgan fingerprint density at radius 3 is 2.38 bits per heavy atom. The molecule has 0 fully saturated rings. The summed E-state index contributed by atoms with van der Waals surface area (Å²) in [6.07, 6.45) is 0. The molecule has 2 nitrogen and oxygen atoms in total. The Labute approximate surface area is 99.5 Å². The Morgan fingerprint density at radius 2 is 1.88 bits per heavy atom. The van der Waals surface area contributed by atoms with E-state index in [1.807, 2.05) is 0 Å². The molecule has 1 aromatic carbocycles. The zero-order valence-corrected chi connectivity index (χ0v) is 11.1.